The van der Waals surface area contributed by atoms with E-state index in [1.165, 1.54) is 0 Å². The van der Waals surface area contributed by atoms with Crippen LogP contribution in [0.5, 0.6) is 11.5 Å². The van der Waals surface area contributed by atoms with Crippen LogP contribution in [0.4, 0.5) is 0 Å². The summed E-state index contributed by atoms with van der Waals surface area (Å²) in [5.41, 5.74) is 1.61. The van der Waals surface area contributed by atoms with Gasteiger partial charge in [0.1, 0.15) is 11.5 Å². The fourth-order valence-corrected chi connectivity index (χ4v) is 2.18. The van der Waals surface area contributed by atoms with Crippen LogP contribution in [0.3, 0.4) is 0 Å². The van der Waals surface area contributed by atoms with E-state index in [0.717, 1.165) is 11.3 Å². The zero-order chi connectivity index (χ0) is 12.5. The number of carbonyl (C=O) groups excluding carboxylic acids is 1. The predicted octanol–water partition coefficient (Wildman–Crippen LogP) is 2.64. The van der Waals surface area contributed by atoms with Gasteiger partial charge < -0.3 is 9.84 Å². The van der Waals surface area contributed by atoms with E-state index in [9.17, 15) is 9.90 Å². The molecule has 0 fully saturated rings. The summed E-state index contributed by atoms with van der Waals surface area (Å²) in [4.78, 5) is 12.1. The van der Waals surface area contributed by atoms with Crippen LogP contribution in [-0.4, -0.2) is 10.9 Å². The molecule has 1 aliphatic heterocycles. The summed E-state index contributed by atoms with van der Waals surface area (Å²) in [7, 11) is 0. The van der Waals surface area contributed by atoms with E-state index in [4.69, 9.17) is 4.74 Å². The van der Waals surface area contributed by atoms with Gasteiger partial charge in [0, 0.05) is 17.5 Å². The minimum Gasteiger partial charge on any atom is -0.508 e. The Morgan fingerprint density at radius 1 is 1.11 bits per heavy atom. The molecule has 0 saturated heterocycles. The average molecular weight is 240 g/mol. The third-order valence-electron chi connectivity index (χ3n) is 3.05. The van der Waals surface area contributed by atoms with Crippen LogP contribution in [-0.2, 0) is 11.2 Å². The molecule has 0 amide bonds. The zero-order valence-corrected chi connectivity index (χ0v) is 9.67. The van der Waals surface area contributed by atoms with Gasteiger partial charge in [0.2, 0.25) is 0 Å². The van der Waals surface area contributed by atoms with E-state index >= 15 is 0 Å². The minimum absolute atomic E-state index is 0.0132. The van der Waals surface area contributed by atoms with Gasteiger partial charge in [-0.1, -0.05) is 30.3 Å². The van der Waals surface area contributed by atoms with Crippen molar-refractivity contribution in [1.29, 1.82) is 0 Å². The lowest BCUT2D eigenvalue weighted by molar-refractivity contribution is -0.126. The topological polar surface area (TPSA) is 46.5 Å². The molecule has 0 saturated carbocycles. The van der Waals surface area contributed by atoms with Crippen molar-refractivity contribution in [2.75, 3.05) is 0 Å². The summed E-state index contributed by atoms with van der Waals surface area (Å²) in [6, 6.07) is 14.2. The highest BCUT2D eigenvalue weighted by molar-refractivity contribution is 5.88. The van der Waals surface area contributed by atoms with Crippen LogP contribution < -0.4 is 4.74 Å². The monoisotopic (exact) mass is 240 g/mol. The van der Waals surface area contributed by atoms with Crippen molar-refractivity contribution in [3.05, 3.63) is 59.7 Å². The second-order valence-corrected chi connectivity index (χ2v) is 4.34. The molecular formula is C15H12O3. The van der Waals surface area contributed by atoms with Crippen molar-refractivity contribution in [3.63, 3.8) is 0 Å². The van der Waals surface area contributed by atoms with Gasteiger partial charge in [-0.05, 0) is 18.2 Å². The molecule has 18 heavy (non-hydrogen) atoms. The first-order valence-corrected chi connectivity index (χ1v) is 5.80. The number of hydrogen-bond donors (Lipinski definition) is 1. The Morgan fingerprint density at radius 3 is 2.78 bits per heavy atom. The van der Waals surface area contributed by atoms with Crippen molar-refractivity contribution in [2.45, 2.75) is 12.5 Å². The molecule has 3 nitrogen and oxygen atoms in total. The Hall–Kier alpha value is -2.29. The van der Waals surface area contributed by atoms with Crippen molar-refractivity contribution in [1.82, 2.24) is 0 Å². The van der Waals surface area contributed by atoms with E-state index < -0.39 is 6.10 Å². The number of hydrogen-bond acceptors (Lipinski definition) is 3. The summed E-state index contributed by atoms with van der Waals surface area (Å²) in [6.07, 6.45) is -0.247. The third kappa shape index (κ3) is 1.84. The summed E-state index contributed by atoms with van der Waals surface area (Å²) >= 11 is 0. The molecule has 1 atom stereocenters. The van der Waals surface area contributed by atoms with Crippen LogP contribution in [0.15, 0.2) is 48.5 Å². The van der Waals surface area contributed by atoms with Gasteiger partial charge in [-0.25, -0.2) is 0 Å². The summed E-state index contributed by atoms with van der Waals surface area (Å²) in [5.74, 6) is 0.896. The molecule has 1 unspecified atom stereocenters. The van der Waals surface area contributed by atoms with Gasteiger partial charge in [0.05, 0.1) is 0 Å². The van der Waals surface area contributed by atoms with E-state index in [0.29, 0.717) is 12.0 Å². The Balaban J connectivity index is 1.98. The lowest BCUT2D eigenvalue weighted by Gasteiger charge is -2.25. The highest BCUT2D eigenvalue weighted by Crippen LogP contribution is 2.33. The fourth-order valence-electron chi connectivity index (χ4n) is 2.18. The number of benzene rings is 2. The summed E-state index contributed by atoms with van der Waals surface area (Å²) in [6.45, 7) is 0. The van der Waals surface area contributed by atoms with Crippen LogP contribution in [0.2, 0.25) is 0 Å². The van der Waals surface area contributed by atoms with Gasteiger partial charge >= 0.3 is 0 Å². The van der Waals surface area contributed by atoms with Crippen molar-refractivity contribution in [3.8, 4) is 11.5 Å². The van der Waals surface area contributed by atoms with E-state index in [2.05, 4.69) is 0 Å². The number of phenols is 1. The first-order chi connectivity index (χ1) is 8.74. The number of Topliss-reactive ketones (excluding diaryl/α,β-unsaturated/α-hetero) is 1. The molecule has 0 spiro atoms. The Labute approximate surface area is 105 Å². The molecular weight excluding hydrogens is 228 g/mol. The predicted molar refractivity (Wildman–Crippen MR) is 66.6 cm³/mol. The van der Waals surface area contributed by atoms with E-state index in [1.54, 1.807) is 24.3 Å². The van der Waals surface area contributed by atoms with Gasteiger partial charge in [-0.3, -0.25) is 4.79 Å². The maximum Gasteiger partial charge on any atom is 0.182 e. The number of ether oxygens (including phenoxy) is 1. The second kappa shape index (κ2) is 4.18. The SMILES string of the molecule is O=C1Cc2ccccc2OC1c1cccc(O)c1. The third-order valence-corrected chi connectivity index (χ3v) is 3.05. The summed E-state index contributed by atoms with van der Waals surface area (Å²) < 4.78 is 5.72. The number of aromatic hydroxyl groups is 1. The molecule has 0 radical (unpaired) electrons. The Bertz CT molecular complexity index is 604. The molecule has 3 rings (SSSR count). The fraction of sp³-hybridized carbons (Fsp3) is 0.133. The first kappa shape index (κ1) is 10.8. The largest absolute Gasteiger partial charge is 0.508 e. The van der Waals surface area contributed by atoms with Crippen LogP contribution in [0, 0.1) is 0 Å². The molecule has 2 aromatic carbocycles. The smallest absolute Gasteiger partial charge is 0.182 e. The van der Waals surface area contributed by atoms with E-state index in [1.807, 2.05) is 24.3 Å². The number of rotatable bonds is 1. The molecule has 0 bridgehead atoms. The summed E-state index contributed by atoms with van der Waals surface area (Å²) in [5, 5.41) is 9.46. The number of ketones is 1. The molecule has 3 heteroatoms. The molecule has 1 aliphatic rings. The van der Waals surface area contributed by atoms with Crippen LogP contribution in [0.25, 0.3) is 0 Å². The van der Waals surface area contributed by atoms with Gasteiger partial charge in [0.25, 0.3) is 0 Å². The number of fused-ring (bicyclic) bond motifs is 1. The maximum absolute atomic E-state index is 12.1. The Morgan fingerprint density at radius 2 is 1.94 bits per heavy atom. The number of phenolic OH excluding ortho intramolecular Hbond substituents is 1. The zero-order valence-electron chi connectivity index (χ0n) is 9.67. The normalized spacial score (nSPS) is 18.0. The average Bonchev–Trinajstić information content (AvgIpc) is 2.38. The highest BCUT2D eigenvalue weighted by atomic mass is 16.5. The molecule has 1 N–H and O–H groups in total. The lowest BCUT2D eigenvalue weighted by Crippen LogP contribution is -2.25. The van der Waals surface area contributed by atoms with Crippen molar-refractivity contribution >= 4 is 5.78 Å². The first-order valence-electron chi connectivity index (χ1n) is 5.80. The maximum atomic E-state index is 12.1. The molecule has 2 aromatic rings. The highest BCUT2D eigenvalue weighted by Gasteiger charge is 2.28. The van der Waals surface area contributed by atoms with Crippen LogP contribution in [0.1, 0.15) is 17.2 Å². The molecule has 1 heterocycles. The number of para-hydroxylation sites is 1. The van der Waals surface area contributed by atoms with Crippen LogP contribution >= 0.6 is 0 Å². The lowest BCUT2D eigenvalue weighted by atomic mass is 9.96. The van der Waals surface area contributed by atoms with Gasteiger partial charge in [0.15, 0.2) is 11.9 Å². The van der Waals surface area contributed by atoms with Gasteiger partial charge in [-0.2, -0.15) is 0 Å². The quantitative estimate of drug-likeness (QED) is 0.833. The second-order valence-electron chi connectivity index (χ2n) is 4.34. The number of carbonyl (C=O) groups is 1. The Kier molecular flexibility index (Phi) is 2.52. The minimum atomic E-state index is -0.619. The molecule has 0 aromatic heterocycles. The van der Waals surface area contributed by atoms with Crippen molar-refractivity contribution < 1.29 is 14.6 Å². The molecule has 90 valence electrons. The molecule has 0 aliphatic carbocycles. The van der Waals surface area contributed by atoms with Gasteiger partial charge in [-0.15, -0.1) is 0 Å². The van der Waals surface area contributed by atoms with E-state index in [-0.39, 0.29) is 11.5 Å². The van der Waals surface area contributed by atoms with Crippen molar-refractivity contribution in [2.24, 2.45) is 0 Å². The standard InChI is InChI=1S/C15H12O3/c16-12-6-3-5-11(8-12)15-13(17)9-10-4-1-2-7-14(10)18-15/h1-8,15-16H,9H2.